The van der Waals surface area contributed by atoms with Crippen molar-refractivity contribution in [3.63, 3.8) is 0 Å². The predicted molar refractivity (Wildman–Crippen MR) is 70.8 cm³/mol. The van der Waals surface area contributed by atoms with Crippen molar-refractivity contribution >= 4 is 28.7 Å². The lowest BCUT2D eigenvalue weighted by Gasteiger charge is -2.15. The molecule has 0 fully saturated rings. The summed E-state index contributed by atoms with van der Waals surface area (Å²) >= 11 is 6.78. The van der Waals surface area contributed by atoms with Crippen molar-refractivity contribution in [3.8, 4) is 0 Å². The van der Waals surface area contributed by atoms with E-state index in [0.29, 0.717) is 18.3 Å². The number of nitrogens with one attached hydrogen (secondary N) is 2. The van der Waals surface area contributed by atoms with Gasteiger partial charge in [0.15, 0.2) is 5.11 Å². The number of thiocarbonyl (C=S) groups is 1. The third kappa shape index (κ3) is 4.87. The van der Waals surface area contributed by atoms with Gasteiger partial charge in [0, 0.05) is 24.2 Å². The first-order chi connectivity index (χ1) is 7.61. The van der Waals surface area contributed by atoms with E-state index in [1.54, 1.807) is 18.4 Å². The largest absolute Gasteiger partial charge is 0.383 e. The molecule has 0 saturated carbocycles. The molecule has 1 unspecified atom stereocenters. The smallest absolute Gasteiger partial charge is 0.166 e. The summed E-state index contributed by atoms with van der Waals surface area (Å²) in [5, 5.41) is 9.95. The second kappa shape index (κ2) is 6.78. The van der Waals surface area contributed by atoms with E-state index in [1.807, 2.05) is 19.2 Å². The second-order valence-electron chi connectivity index (χ2n) is 3.57. The number of hydrogen-bond donors (Lipinski definition) is 2. The van der Waals surface area contributed by atoms with Crippen LogP contribution in [0.5, 0.6) is 0 Å². The fourth-order valence-electron chi connectivity index (χ4n) is 1.21. The van der Waals surface area contributed by atoms with Gasteiger partial charge in [-0.1, -0.05) is 0 Å². The van der Waals surface area contributed by atoms with E-state index >= 15 is 0 Å². The third-order valence-corrected chi connectivity index (χ3v) is 3.09. The second-order valence-corrected chi connectivity index (χ2v) is 4.92. The van der Waals surface area contributed by atoms with Gasteiger partial charge in [-0.15, -0.1) is 11.3 Å². The van der Waals surface area contributed by atoms with Crippen molar-refractivity contribution in [2.24, 2.45) is 0 Å². The van der Waals surface area contributed by atoms with Gasteiger partial charge in [0.25, 0.3) is 0 Å². The first-order valence-corrected chi connectivity index (χ1v) is 6.35. The van der Waals surface area contributed by atoms with Crippen LogP contribution in [0.1, 0.15) is 17.6 Å². The van der Waals surface area contributed by atoms with Gasteiger partial charge in [0.1, 0.15) is 5.01 Å². The van der Waals surface area contributed by atoms with E-state index in [9.17, 15) is 0 Å². The van der Waals surface area contributed by atoms with E-state index in [0.717, 1.165) is 10.7 Å². The molecule has 1 aromatic rings. The van der Waals surface area contributed by atoms with E-state index in [-0.39, 0.29) is 6.04 Å². The first-order valence-electron chi connectivity index (χ1n) is 5.06. The summed E-state index contributed by atoms with van der Waals surface area (Å²) in [5.41, 5.74) is 1.05. The molecule has 1 heterocycles. The van der Waals surface area contributed by atoms with Gasteiger partial charge in [0.05, 0.1) is 13.2 Å². The van der Waals surface area contributed by atoms with Gasteiger partial charge >= 0.3 is 0 Å². The Balaban J connectivity index is 2.25. The quantitative estimate of drug-likeness (QED) is 0.784. The first kappa shape index (κ1) is 13.3. The van der Waals surface area contributed by atoms with Gasteiger partial charge in [-0.05, 0) is 26.1 Å². The number of nitrogens with zero attached hydrogens (tertiary/aromatic N) is 1. The molecule has 1 atom stereocenters. The summed E-state index contributed by atoms with van der Waals surface area (Å²) in [4.78, 5) is 4.34. The molecule has 0 aliphatic carbocycles. The molecule has 0 aromatic carbocycles. The molecule has 0 radical (unpaired) electrons. The van der Waals surface area contributed by atoms with Gasteiger partial charge in [-0.25, -0.2) is 4.98 Å². The van der Waals surface area contributed by atoms with Crippen LogP contribution in [0.4, 0.5) is 0 Å². The summed E-state index contributed by atoms with van der Waals surface area (Å²) < 4.78 is 5.01. The highest BCUT2D eigenvalue weighted by Gasteiger charge is 2.04. The molecular weight excluding hydrogens is 242 g/mol. The minimum Gasteiger partial charge on any atom is -0.383 e. The minimum absolute atomic E-state index is 0.211. The SMILES string of the molecule is COCC(C)NC(=S)NCc1nc(C)cs1. The Kier molecular flexibility index (Phi) is 5.65. The molecule has 0 aliphatic heterocycles. The Labute approximate surface area is 105 Å². The van der Waals surface area contributed by atoms with E-state index < -0.39 is 0 Å². The highest BCUT2D eigenvalue weighted by Crippen LogP contribution is 2.07. The fraction of sp³-hybridized carbons (Fsp3) is 0.600. The number of ether oxygens (including phenoxy) is 1. The van der Waals surface area contributed by atoms with Crippen LogP contribution in [0.15, 0.2) is 5.38 Å². The maximum Gasteiger partial charge on any atom is 0.166 e. The maximum atomic E-state index is 5.15. The van der Waals surface area contributed by atoms with Crippen LogP contribution in [0, 0.1) is 6.92 Å². The van der Waals surface area contributed by atoms with Gasteiger partial charge in [-0.2, -0.15) is 0 Å². The van der Waals surface area contributed by atoms with Crippen LogP contribution in [0.3, 0.4) is 0 Å². The Bertz CT molecular complexity index is 341. The zero-order valence-corrected chi connectivity index (χ0v) is 11.4. The van der Waals surface area contributed by atoms with Crippen LogP contribution in [0.2, 0.25) is 0 Å². The number of hydrogen-bond acceptors (Lipinski definition) is 4. The van der Waals surface area contributed by atoms with Crippen molar-refractivity contribution in [3.05, 3.63) is 16.1 Å². The van der Waals surface area contributed by atoms with Crippen molar-refractivity contribution in [1.29, 1.82) is 0 Å². The minimum atomic E-state index is 0.211. The monoisotopic (exact) mass is 259 g/mol. The Morgan fingerprint density at radius 1 is 1.69 bits per heavy atom. The maximum absolute atomic E-state index is 5.15. The van der Waals surface area contributed by atoms with Crippen LogP contribution in [-0.4, -0.2) is 29.9 Å². The number of aromatic nitrogens is 1. The third-order valence-electron chi connectivity index (χ3n) is 1.86. The standard InChI is InChI=1S/C10H17N3OS2/c1-7(5-14-3)13-10(15)11-4-9-12-8(2)6-16-9/h6-7H,4-5H2,1-3H3,(H2,11,13,15). The average Bonchev–Trinajstić information content (AvgIpc) is 2.61. The highest BCUT2D eigenvalue weighted by molar-refractivity contribution is 7.80. The van der Waals surface area contributed by atoms with Gasteiger partial charge in [-0.3, -0.25) is 0 Å². The van der Waals surface area contributed by atoms with Crippen molar-refractivity contribution < 1.29 is 4.74 Å². The van der Waals surface area contributed by atoms with Gasteiger partial charge in [0.2, 0.25) is 0 Å². The van der Waals surface area contributed by atoms with Crippen molar-refractivity contribution in [2.45, 2.75) is 26.4 Å². The lowest BCUT2D eigenvalue weighted by Crippen LogP contribution is -2.42. The molecule has 1 aromatic heterocycles. The van der Waals surface area contributed by atoms with Crippen LogP contribution < -0.4 is 10.6 Å². The average molecular weight is 259 g/mol. The van der Waals surface area contributed by atoms with E-state index in [4.69, 9.17) is 17.0 Å². The molecule has 0 spiro atoms. The summed E-state index contributed by atoms with van der Waals surface area (Å²) in [5.74, 6) is 0. The van der Waals surface area contributed by atoms with E-state index in [2.05, 4.69) is 15.6 Å². The topological polar surface area (TPSA) is 46.2 Å². The number of rotatable bonds is 5. The molecule has 1 rings (SSSR count). The molecule has 4 nitrogen and oxygen atoms in total. The number of thiazole rings is 1. The lowest BCUT2D eigenvalue weighted by atomic mass is 10.4. The summed E-state index contributed by atoms with van der Waals surface area (Å²) in [6.45, 7) is 5.31. The molecule has 0 bridgehead atoms. The normalized spacial score (nSPS) is 12.2. The molecule has 16 heavy (non-hydrogen) atoms. The van der Waals surface area contributed by atoms with Crippen LogP contribution in [0.25, 0.3) is 0 Å². The molecule has 0 saturated heterocycles. The number of aryl methyl sites for hydroxylation is 1. The fourth-order valence-corrected chi connectivity index (χ4v) is 2.19. The molecule has 0 amide bonds. The molecule has 90 valence electrons. The van der Waals surface area contributed by atoms with Gasteiger partial charge < -0.3 is 15.4 Å². The van der Waals surface area contributed by atoms with Crippen LogP contribution in [-0.2, 0) is 11.3 Å². The Morgan fingerprint density at radius 3 is 3.00 bits per heavy atom. The van der Waals surface area contributed by atoms with Crippen molar-refractivity contribution in [2.75, 3.05) is 13.7 Å². The Hall–Kier alpha value is -0.720. The molecular formula is C10H17N3OS2. The highest BCUT2D eigenvalue weighted by atomic mass is 32.1. The van der Waals surface area contributed by atoms with E-state index in [1.165, 1.54) is 0 Å². The zero-order chi connectivity index (χ0) is 12.0. The lowest BCUT2D eigenvalue weighted by molar-refractivity contribution is 0.179. The molecule has 2 N–H and O–H groups in total. The summed E-state index contributed by atoms with van der Waals surface area (Å²) in [6, 6.07) is 0.211. The number of methoxy groups -OCH3 is 1. The van der Waals surface area contributed by atoms with Crippen LogP contribution >= 0.6 is 23.6 Å². The van der Waals surface area contributed by atoms with Crippen molar-refractivity contribution in [1.82, 2.24) is 15.6 Å². The predicted octanol–water partition coefficient (Wildman–Crippen LogP) is 1.45. The summed E-state index contributed by atoms with van der Waals surface area (Å²) in [7, 11) is 1.67. The zero-order valence-electron chi connectivity index (χ0n) is 9.74. The Morgan fingerprint density at radius 2 is 2.44 bits per heavy atom. The molecule has 6 heteroatoms. The summed E-state index contributed by atoms with van der Waals surface area (Å²) in [6.07, 6.45) is 0. The molecule has 0 aliphatic rings.